The first-order valence-electron chi connectivity index (χ1n) is 10.2. The Morgan fingerprint density at radius 3 is 2.90 bits per heavy atom. The maximum atomic E-state index is 13.0. The summed E-state index contributed by atoms with van der Waals surface area (Å²) in [6, 6.07) is 8.19. The van der Waals surface area contributed by atoms with Gasteiger partial charge in [0.05, 0.1) is 18.7 Å². The zero-order chi connectivity index (χ0) is 20.0. The summed E-state index contributed by atoms with van der Waals surface area (Å²) >= 11 is 1.51. The lowest BCUT2D eigenvalue weighted by Crippen LogP contribution is -2.36. The van der Waals surface area contributed by atoms with E-state index in [2.05, 4.69) is 33.2 Å². The fourth-order valence-corrected chi connectivity index (χ4v) is 5.21. The minimum atomic E-state index is 0.0891. The third kappa shape index (κ3) is 3.44. The summed E-state index contributed by atoms with van der Waals surface area (Å²) in [6.45, 7) is 1.26. The predicted octanol–water partition coefficient (Wildman–Crippen LogP) is 3.50. The van der Waals surface area contributed by atoms with Gasteiger partial charge in [0, 0.05) is 47.9 Å². The first-order valence-corrected chi connectivity index (χ1v) is 11.0. The number of benzene rings is 1. The number of aromatic nitrogens is 2. The zero-order valence-corrected chi connectivity index (χ0v) is 17.3. The number of aryl methyl sites for hydroxylation is 1. The second-order valence-corrected chi connectivity index (χ2v) is 9.11. The van der Waals surface area contributed by atoms with E-state index in [0.717, 1.165) is 52.7 Å². The Kier molecular flexibility index (Phi) is 4.62. The van der Waals surface area contributed by atoms with Crippen LogP contribution in [0.3, 0.4) is 0 Å². The normalized spacial score (nSPS) is 16.5. The minimum absolute atomic E-state index is 0.0891. The van der Waals surface area contributed by atoms with Gasteiger partial charge in [-0.1, -0.05) is 36.0 Å². The first-order chi connectivity index (χ1) is 14.1. The van der Waals surface area contributed by atoms with Gasteiger partial charge in [-0.3, -0.25) is 9.59 Å². The highest BCUT2D eigenvalue weighted by molar-refractivity contribution is 7.15. The monoisotopic (exact) mass is 408 g/mol. The van der Waals surface area contributed by atoms with Gasteiger partial charge in [-0.25, -0.2) is 4.98 Å². The van der Waals surface area contributed by atoms with E-state index in [9.17, 15) is 9.59 Å². The van der Waals surface area contributed by atoms with E-state index in [0.29, 0.717) is 24.6 Å². The van der Waals surface area contributed by atoms with Crippen LogP contribution in [-0.4, -0.2) is 32.8 Å². The molecule has 2 aromatic heterocycles. The fourth-order valence-electron chi connectivity index (χ4n) is 4.18. The van der Waals surface area contributed by atoms with E-state index >= 15 is 0 Å². The lowest BCUT2D eigenvalue weighted by molar-refractivity contribution is -0.131. The highest BCUT2D eigenvalue weighted by Crippen LogP contribution is 2.32. The van der Waals surface area contributed by atoms with Crippen LogP contribution in [0.15, 0.2) is 30.5 Å². The molecule has 0 spiro atoms. The molecule has 1 aliphatic heterocycles. The summed E-state index contributed by atoms with van der Waals surface area (Å²) < 4.78 is 2.08. The standard InChI is InChI=1S/C22H24N4O2S/c1-25-12-15(16-7-2-3-8-18(16)25)11-20(27)26-10-9-17-19(13-26)29-22(23-17)24-21(28)14-5-4-6-14/h2-3,7-8,12,14H,4-6,9-11,13H2,1H3,(H,23,24,28). The highest BCUT2D eigenvalue weighted by atomic mass is 32.1. The summed E-state index contributed by atoms with van der Waals surface area (Å²) in [7, 11) is 2.01. The van der Waals surface area contributed by atoms with Crippen LogP contribution in [0.2, 0.25) is 0 Å². The molecule has 2 aliphatic rings. The average molecular weight is 409 g/mol. The van der Waals surface area contributed by atoms with Gasteiger partial charge in [0.15, 0.2) is 5.13 Å². The molecule has 1 N–H and O–H groups in total. The van der Waals surface area contributed by atoms with Crippen LogP contribution in [0.5, 0.6) is 0 Å². The van der Waals surface area contributed by atoms with Gasteiger partial charge in [-0.15, -0.1) is 0 Å². The van der Waals surface area contributed by atoms with Gasteiger partial charge >= 0.3 is 0 Å². The number of rotatable bonds is 4. The molecule has 6 nitrogen and oxygen atoms in total. The largest absolute Gasteiger partial charge is 0.350 e. The van der Waals surface area contributed by atoms with Gasteiger partial charge in [-0.05, 0) is 24.5 Å². The molecule has 0 saturated heterocycles. The molecular weight excluding hydrogens is 384 g/mol. The van der Waals surface area contributed by atoms with Crippen molar-refractivity contribution in [2.24, 2.45) is 13.0 Å². The Balaban J connectivity index is 1.27. The van der Waals surface area contributed by atoms with E-state index in [-0.39, 0.29) is 17.7 Å². The van der Waals surface area contributed by atoms with Crippen molar-refractivity contribution in [2.45, 2.75) is 38.6 Å². The predicted molar refractivity (Wildman–Crippen MR) is 114 cm³/mol. The molecule has 1 aliphatic carbocycles. The molecule has 1 saturated carbocycles. The Morgan fingerprint density at radius 1 is 1.28 bits per heavy atom. The van der Waals surface area contributed by atoms with E-state index in [1.165, 1.54) is 11.3 Å². The minimum Gasteiger partial charge on any atom is -0.350 e. The second kappa shape index (κ2) is 7.30. The molecule has 3 aromatic rings. The molecular formula is C22H24N4O2S. The molecule has 0 bridgehead atoms. The number of hydrogen-bond acceptors (Lipinski definition) is 4. The Morgan fingerprint density at radius 2 is 2.10 bits per heavy atom. The summed E-state index contributed by atoms with van der Waals surface area (Å²) in [4.78, 5) is 32.8. The summed E-state index contributed by atoms with van der Waals surface area (Å²) in [5.41, 5.74) is 3.23. The number of carbonyl (C=O) groups is 2. The van der Waals surface area contributed by atoms with Crippen molar-refractivity contribution in [1.29, 1.82) is 0 Å². The van der Waals surface area contributed by atoms with Crippen LogP contribution in [0, 0.1) is 5.92 Å². The molecule has 7 heteroatoms. The number of carbonyl (C=O) groups excluding carboxylic acids is 2. The molecule has 3 heterocycles. The number of amides is 2. The number of hydrogen-bond donors (Lipinski definition) is 1. The van der Waals surface area contributed by atoms with E-state index in [1.54, 1.807) is 0 Å². The van der Waals surface area contributed by atoms with Crippen molar-refractivity contribution in [1.82, 2.24) is 14.5 Å². The van der Waals surface area contributed by atoms with Crippen molar-refractivity contribution in [2.75, 3.05) is 11.9 Å². The molecule has 150 valence electrons. The highest BCUT2D eigenvalue weighted by Gasteiger charge is 2.28. The SMILES string of the molecule is Cn1cc(CC(=O)N2CCc3nc(NC(=O)C4CCC4)sc3C2)c2ccccc21. The van der Waals surface area contributed by atoms with Gasteiger partial charge in [-0.2, -0.15) is 0 Å². The molecule has 0 radical (unpaired) electrons. The smallest absolute Gasteiger partial charge is 0.229 e. The van der Waals surface area contributed by atoms with Crippen molar-refractivity contribution in [3.05, 3.63) is 46.6 Å². The van der Waals surface area contributed by atoms with Crippen LogP contribution in [0.25, 0.3) is 10.9 Å². The van der Waals surface area contributed by atoms with E-state index in [4.69, 9.17) is 0 Å². The van der Waals surface area contributed by atoms with Crippen molar-refractivity contribution in [3.63, 3.8) is 0 Å². The molecule has 1 aromatic carbocycles. The number of anilines is 1. The summed E-state index contributed by atoms with van der Waals surface area (Å²) in [5.74, 6) is 0.376. The Labute approximate surface area is 173 Å². The van der Waals surface area contributed by atoms with Gasteiger partial charge in [0.1, 0.15) is 0 Å². The molecule has 29 heavy (non-hydrogen) atoms. The molecule has 2 amide bonds. The summed E-state index contributed by atoms with van der Waals surface area (Å²) in [5, 5.41) is 4.79. The molecule has 0 atom stereocenters. The molecule has 1 fully saturated rings. The van der Waals surface area contributed by atoms with Gasteiger partial charge in [0.25, 0.3) is 0 Å². The quantitative estimate of drug-likeness (QED) is 0.718. The van der Waals surface area contributed by atoms with Crippen LogP contribution in [0.1, 0.15) is 35.4 Å². The number of thiazole rings is 1. The number of nitrogens with one attached hydrogen (secondary N) is 1. The summed E-state index contributed by atoms with van der Waals surface area (Å²) in [6.07, 6.45) is 6.30. The average Bonchev–Trinajstić information content (AvgIpc) is 3.20. The third-order valence-corrected chi connectivity index (χ3v) is 7.11. The van der Waals surface area contributed by atoms with Crippen molar-refractivity contribution < 1.29 is 9.59 Å². The number of fused-ring (bicyclic) bond motifs is 2. The lowest BCUT2D eigenvalue weighted by atomic mass is 9.85. The Bertz CT molecular complexity index is 1100. The van der Waals surface area contributed by atoms with Crippen LogP contribution in [-0.2, 0) is 36.0 Å². The van der Waals surface area contributed by atoms with E-state index < -0.39 is 0 Å². The number of para-hydroxylation sites is 1. The van der Waals surface area contributed by atoms with Gasteiger partial charge < -0.3 is 14.8 Å². The van der Waals surface area contributed by atoms with Gasteiger partial charge in [0.2, 0.25) is 11.8 Å². The maximum absolute atomic E-state index is 13.0. The molecule has 5 rings (SSSR count). The van der Waals surface area contributed by atoms with Crippen molar-refractivity contribution >= 4 is 39.2 Å². The third-order valence-electron chi connectivity index (χ3n) is 6.11. The molecule has 0 unspecified atom stereocenters. The zero-order valence-electron chi connectivity index (χ0n) is 16.5. The second-order valence-electron chi connectivity index (χ2n) is 8.03. The topological polar surface area (TPSA) is 67.2 Å². The van der Waals surface area contributed by atoms with Crippen LogP contribution >= 0.6 is 11.3 Å². The van der Waals surface area contributed by atoms with E-state index in [1.807, 2.05) is 24.1 Å². The van der Waals surface area contributed by atoms with Crippen LogP contribution < -0.4 is 5.32 Å². The maximum Gasteiger partial charge on any atom is 0.229 e. The lowest BCUT2D eigenvalue weighted by Gasteiger charge is -2.26. The fraction of sp³-hybridized carbons (Fsp3) is 0.409. The Hall–Kier alpha value is -2.67. The van der Waals surface area contributed by atoms with Crippen molar-refractivity contribution in [3.8, 4) is 0 Å². The number of nitrogens with zero attached hydrogens (tertiary/aromatic N) is 3. The first kappa shape index (κ1) is 18.4. The van der Waals surface area contributed by atoms with Crippen LogP contribution in [0.4, 0.5) is 5.13 Å².